The molecule has 1 aliphatic heterocycles. The van der Waals surface area contributed by atoms with Crippen LogP contribution in [0.4, 0.5) is 10.5 Å². The summed E-state index contributed by atoms with van der Waals surface area (Å²) in [5, 5.41) is 0. The van der Waals surface area contributed by atoms with Crippen molar-refractivity contribution in [2.24, 2.45) is 5.92 Å². The van der Waals surface area contributed by atoms with Crippen LogP contribution in [0.2, 0.25) is 0 Å². The lowest BCUT2D eigenvalue weighted by Gasteiger charge is -2.32. The van der Waals surface area contributed by atoms with E-state index in [9.17, 15) is 4.79 Å². The molecule has 0 aliphatic carbocycles. The zero-order valence-electron chi connectivity index (χ0n) is 14.3. The van der Waals surface area contributed by atoms with E-state index in [1.807, 2.05) is 33.8 Å². The Hall–Kier alpha value is -2.22. The third kappa shape index (κ3) is 5.17. The number of ether oxygens (including phenoxy) is 1. The highest BCUT2D eigenvalue weighted by Gasteiger charge is 2.26. The van der Waals surface area contributed by atoms with E-state index in [4.69, 9.17) is 10.5 Å². The minimum atomic E-state index is -0.474. The lowest BCUT2D eigenvalue weighted by atomic mass is 9.98. The standard InChI is InChI=1S/C18H25N3O2/c1-13-10-16(19)15(11-20-13)8-7-14-6-5-9-21(12-14)17(22)23-18(2,3)4/h10-11,14H,5-6,9,12H2,1-4H3,(H2,19,20). The summed E-state index contributed by atoms with van der Waals surface area (Å²) in [4.78, 5) is 18.1. The van der Waals surface area contributed by atoms with Gasteiger partial charge >= 0.3 is 6.09 Å². The Labute approximate surface area is 138 Å². The molecule has 1 amide bonds. The van der Waals surface area contributed by atoms with E-state index in [-0.39, 0.29) is 12.0 Å². The number of piperidine rings is 1. The van der Waals surface area contributed by atoms with Gasteiger partial charge in [-0.2, -0.15) is 0 Å². The summed E-state index contributed by atoms with van der Waals surface area (Å²) in [6.07, 6.45) is 3.35. The number of likely N-dealkylation sites (tertiary alicyclic amines) is 1. The van der Waals surface area contributed by atoms with Crippen LogP contribution < -0.4 is 5.73 Å². The molecule has 124 valence electrons. The molecule has 1 aromatic rings. The molecule has 0 saturated carbocycles. The summed E-state index contributed by atoms with van der Waals surface area (Å²) in [5.74, 6) is 6.46. The molecule has 0 bridgehead atoms. The first-order chi connectivity index (χ1) is 10.7. The molecular weight excluding hydrogens is 290 g/mol. The second-order valence-corrected chi connectivity index (χ2v) is 6.95. The average Bonchev–Trinajstić information content (AvgIpc) is 2.45. The molecule has 0 radical (unpaired) electrons. The SMILES string of the molecule is Cc1cc(N)c(C#CC2CCCN(C(=O)OC(C)(C)C)C2)cn1. The second-order valence-electron chi connectivity index (χ2n) is 6.95. The van der Waals surface area contributed by atoms with E-state index in [1.165, 1.54) is 0 Å². The van der Waals surface area contributed by atoms with Crippen LogP contribution in [0.5, 0.6) is 0 Å². The predicted molar refractivity (Wildman–Crippen MR) is 90.8 cm³/mol. The number of pyridine rings is 1. The smallest absolute Gasteiger partial charge is 0.410 e. The lowest BCUT2D eigenvalue weighted by Crippen LogP contribution is -2.42. The summed E-state index contributed by atoms with van der Waals surface area (Å²) in [5.41, 5.74) is 7.74. The van der Waals surface area contributed by atoms with Crippen LogP contribution in [0, 0.1) is 24.7 Å². The van der Waals surface area contributed by atoms with Crippen LogP contribution in [-0.4, -0.2) is 34.7 Å². The maximum absolute atomic E-state index is 12.2. The fraction of sp³-hybridized carbons (Fsp3) is 0.556. The number of nitrogens with two attached hydrogens (primary N) is 1. The Bertz CT molecular complexity index is 638. The van der Waals surface area contributed by atoms with Gasteiger partial charge in [-0.25, -0.2) is 4.79 Å². The van der Waals surface area contributed by atoms with Gasteiger partial charge in [-0.1, -0.05) is 11.8 Å². The largest absolute Gasteiger partial charge is 0.444 e. The van der Waals surface area contributed by atoms with E-state index in [0.717, 1.165) is 30.6 Å². The van der Waals surface area contributed by atoms with Crippen molar-refractivity contribution in [2.75, 3.05) is 18.8 Å². The van der Waals surface area contributed by atoms with Gasteiger partial charge in [0.1, 0.15) is 5.60 Å². The Morgan fingerprint density at radius 2 is 2.22 bits per heavy atom. The quantitative estimate of drug-likeness (QED) is 0.747. The highest BCUT2D eigenvalue weighted by molar-refractivity contribution is 5.68. The van der Waals surface area contributed by atoms with E-state index in [1.54, 1.807) is 11.1 Å². The number of nitrogens with zero attached hydrogens (tertiary/aromatic N) is 2. The third-order valence-electron chi connectivity index (χ3n) is 3.56. The van der Waals surface area contributed by atoms with Crippen molar-refractivity contribution in [3.8, 4) is 11.8 Å². The number of rotatable bonds is 0. The molecule has 5 heteroatoms. The first kappa shape index (κ1) is 17.1. The van der Waals surface area contributed by atoms with Gasteiger partial charge in [0.05, 0.1) is 11.3 Å². The molecule has 1 unspecified atom stereocenters. The number of hydrogen-bond acceptors (Lipinski definition) is 4. The summed E-state index contributed by atoms with van der Waals surface area (Å²) in [7, 11) is 0. The van der Waals surface area contributed by atoms with Crippen molar-refractivity contribution in [1.29, 1.82) is 0 Å². The number of anilines is 1. The molecule has 1 saturated heterocycles. The monoisotopic (exact) mass is 315 g/mol. The van der Waals surface area contributed by atoms with Crippen LogP contribution >= 0.6 is 0 Å². The van der Waals surface area contributed by atoms with Crippen molar-refractivity contribution in [3.05, 3.63) is 23.5 Å². The highest BCUT2D eigenvalue weighted by atomic mass is 16.6. The van der Waals surface area contributed by atoms with Crippen molar-refractivity contribution in [1.82, 2.24) is 9.88 Å². The number of amides is 1. The average molecular weight is 315 g/mol. The number of nitrogen functional groups attached to an aromatic ring is 1. The molecular formula is C18H25N3O2. The second kappa shape index (κ2) is 6.91. The number of carbonyl (C=O) groups excluding carboxylic acids is 1. The molecule has 1 aromatic heterocycles. The van der Waals surface area contributed by atoms with Gasteiger partial charge in [0, 0.05) is 30.9 Å². The normalized spacial score (nSPS) is 18.1. The number of aromatic nitrogens is 1. The minimum Gasteiger partial charge on any atom is -0.444 e. The van der Waals surface area contributed by atoms with Crippen LogP contribution in [0.25, 0.3) is 0 Å². The van der Waals surface area contributed by atoms with Crippen molar-refractivity contribution in [2.45, 2.75) is 46.1 Å². The van der Waals surface area contributed by atoms with Gasteiger partial charge in [0.15, 0.2) is 0 Å². The first-order valence-electron chi connectivity index (χ1n) is 7.96. The van der Waals surface area contributed by atoms with Crippen molar-refractivity contribution < 1.29 is 9.53 Å². The van der Waals surface area contributed by atoms with Gasteiger partial charge in [-0.05, 0) is 46.6 Å². The first-order valence-corrected chi connectivity index (χ1v) is 7.96. The van der Waals surface area contributed by atoms with E-state index in [2.05, 4.69) is 16.8 Å². The lowest BCUT2D eigenvalue weighted by molar-refractivity contribution is 0.0190. The molecule has 2 N–H and O–H groups in total. The molecule has 0 aromatic carbocycles. The Morgan fingerprint density at radius 1 is 1.48 bits per heavy atom. The third-order valence-corrected chi connectivity index (χ3v) is 3.56. The van der Waals surface area contributed by atoms with E-state index < -0.39 is 5.60 Å². The Balaban J connectivity index is 2.02. The Morgan fingerprint density at radius 3 is 2.87 bits per heavy atom. The van der Waals surface area contributed by atoms with Gasteiger partial charge in [0.2, 0.25) is 0 Å². The van der Waals surface area contributed by atoms with E-state index >= 15 is 0 Å². The van der Waals surface area contributed by atoms with E-state index in [0.29, 0.717) is 12.2 Å². The van der Waals surface area contributed by atoms with Crippen molar-refractivity contribution in [3.63, 3.8) is 0 Å². The molecule has 1 atom stereocenters. The molecule has 5 nitrogen and oxygen atoms in total. The molecule has 23 heavy (non-hydrogen) atoms. The van der Waals surface area contributed by atoms with Crippen LogP contribution in [0.15, 0.2) is 12.3 Å². The summed E-state index contributed by atoms with van der Waals surface area (Å²) in [6, 6.07) is 1.82. The fourth-order valence-electron chi connectivity index (χ4n) is 2.45. The predicted octanol–water partition coefficient (Wildman–Crippen LogP) is 2.97. The van der Waals surface area contributed by atoms with Gasteiger partial charge in [-0.3, -0.25) is 4.98 Å². The zero-order valence-corrected chi connectivity index (χ0v) is 14.3. The van der Waals surface area contributed by atoms with Gasteiger partial charge in [0.25, 0.3) is 0 Å². The minimum absolute atomic E-state index is 0.136. The molecule has 1 fully saturated rings. The molecule has 2 heterocycles. The summed E-state index contributed by atoms with van der Waals surface area (Å²) in [6.45, 7) is 8.84. The van der Waals surface area contributed by atoms with Gasteiger partial charge in [-0.15, -0.1) is 0 Å². The maximum Gasteiger partial charge on any atom is 0.410 e. The molecule has 2 rings (SSSR count). The number of hydrogen-bond donors (Lipinski definition) is 1. The van der Waals surface area contributed by atoms with Crippen molar-refractivity contribution >= 4 is 11.8 Å². The zero-order chi connectivity index (χ0) is 17.0. The van der Waals surface area contributed by atoms with Crippen LogP contribution in [-0.2, 0) is 4.74 Å². The molecule has 0 spiro atoms. The topological polar surface area (TPSA) is 68.5 Å². The van der Waals surface area contributed by atoms with Crippen LogP contribution in [0.1, 0.15) is 44.9 Å². The van der Waals surface area contributed by atoms with Gasteiger partial charge < -0.3 is 15.4 Å². The molecule has 1 aliphatic rings. The highest BCUT2D eigenvalue weighted by Crippen LogP contribution is 2.19. The van der Waals surface area contributed by atoms with Crippen LogP contribution in [0.3, 0.4) is 0 Å². The fourth-order valence-corrected chi connectivity index (χ4v) is 2.45. The Kier molecular flexibility index (Phi) is 5.15. The summed E-state index contributed by atoms with van der Waals surface area (Å²) < 4.78 is 5.43. The number of carbonyl (C=O) groups is 1. The summed E-state index contributed by atoms with van der Waals surface area (Å²) >= 11 is 0. The number of aryl methyl sites for hydroxylation is 1. The maximum atomic E-state index is 12.2.